The van der Waals surface area contributed by atoms with Gasteiger partial charge in [0.2, 0.25) is 0 Å². The Balaban J connectivity index is 2.72. The molecule has 88 valence electrons. The molecule has 0 aliphatic heterocycles. The lowest BCUT2D eigenvalue weighted by Gasteiger charge is -2.13. The summed E-state index contributed by atoms with van der Waals surface area (Å²) in [5, 5.41) is 2.81. The van der Waals surface area contributed by atoms with Crippen LogP contribution in [0.25, 0.3) is 0 Å². The zero-order chi connectivity index (χ0) is 12.1. The van der Waals surface area contributed by atoms with Crippen molar-refractivity contribution >= 4 is 27.5 Å². The summed E-state index contributed by atoms with van der Waals surface area (Å²) < 4.78 is 5.73. The molecule has 0 radical (unpaired) electrons. The number of hydrogen-bond donors (Lipinski definition) is 2. The first kappa shape index (κ1) is 13.0. The lowest BCUT2D eigenvalue weighted by atomic mass is 10.2. The van der Waals surface area contributed by atoms with Crippen molar-refractivity contribution in [1.82, 2.24) is 5.32 Å². The van der Waals surface area contributed by atoms with E-state index in [0.717, 1.165) is 4.47 Å². The molecule has 5 heteroatoms. The minimum Gasteiger partial charge on any atom is -0.399 e. The Bertz CT molecular complexity index is 362. The molecule has 4 nitrogen and oxygen atoms in total. The standard InChI is InChI=1S/C11H15BrN2O2/c1-7(6-16-2)14-11(15)8-3-9(12)5-10(13)4-8/h3-5,7H,6,13H2,1-2H3,(H,14,15). The van der Waals surface area contributed by atoms with E-state index in [1.807, 2.05) is 6.92 Å². The molecule has 1 amide bonds. The fourth-order valence-corrected chi connectivity index (χ4v) is 1.85. The summed E-state index contributed by atoms with van der Waals surface area (Å²) in [5.41, 5.74) is 6.74. The van der Waals surface area contributed by atoms with Crippen LogP contribution in [0.15, 0.2) is 22.7 Å². The van der Waals surface area contributed by atoms with Crippen molar-refractivity contribution in [3.63, 3.8) is 0 Å². The van der Waals surface area contributed by atoms with Gasteiger partial charge in [0.25, 0.3) is 5.91 Å². The minimum absolute atomic E-state index is 0.0299. The average molecular weight is 287 g/mol. The summed E-state index contributed by atoms with van der Waals surface area (Å²) in [6, 6.07) is 5.08. The van der Waals surface area contributed by atoms with Crippen molar-refractivity contribution in [1.29, 1.82) is 0 Å². The maximum absolute atomic E-state index is 11.8. The van der Waals surface area contributed by atoms with Crippen molar-refractivity contribution < 1.29 is 9.53 Å². The molecule has 0 aliphatic carbocycles. The molecule has 1 rings (SSSR count). The van der Waals surface area contributed by atoms with E-state index in [9.17, 15) is 4.79 Å². The van der Waals surface area contributed by atoms with Gasteiger partial charge in [-0.2, -0.15) is 0 Å². The Kier molecular flexibility index (Phi) is 4.76. The van der Waals surface area contributed by atoms with Crippen LogP contribution < -0.4 is 11.1 Å². The zero-order valence-corrected chi connectivity index (χ0v) is 10.9. The van der Waals surface area contributed by atoms with E-state index in [0.29, 0.717) is 17.9 Å². The van der Waals surface area contributed by atoms with Crippen molar-refractivity contribution in [2.75, 3.05) is 19.5 Å². The number of nitrogen functional groups attached to an aromatic ring is 1. The Morgan fingerprint density at radius 1 is 1.56 bits per heavy atom. The van der Waals surface area contributed by atoms with E-state index in [1.165, 1.54) is 0 Å². The van der Waals surface area contributed by atoms with E-state index >= 15 is 0 Å². The highest BCUT2D eigenvalue weighted by atomic mass is 79.9. The summed E-state index contributed by atoms with van der Waals surface area (Å²) in [4.78, 5) is 11.8. The number of amides is 1. The summed E-state index contributed by atoms with van der Waals surface area (Å²) in [5.74, 6) is -0.155. The van der Waals surface area contributed by atoms with Crippen LogP contribution >= 0.6 is 15.9 Å². The molecule has 0 aromatic heterocycles. The third kappa shape index (κ3) is 3.83. The van der Waals surface area contributed by atoms with Gasteiger partial charge in [-0.05, 0) is 25.1 Å². The number of hydrogen-bond acceptors (Lipinski definition) is 3. The quantitative estimate of drug-likeness (QED) is 0.830. The van der Waals surface area contributed by atoms with Crippen LogP contribution in [0.3, 0.4) is 0 Å². The monoisotopic (exact) mass is 286 g/mol. The fraction of sp³-hybridized carbons (Fsp3) is 0.364. The van der Waals surface area contributed by atoms with Crippen LogP contribution in [0.5, 0.6) is 0 Å². The van der Waals surface area contributed by atoms with Crippen LogP contribution in [-0.4, -0.2) is 25.7 Å². The van der Waals surface area contributed by atoms with E-state index in [1.54, 1.807) is 25.3 Å². The Hall–Kier alpha value is -1.07. The number of nitrogens with two attached hydrogens (primary N) is 1. The first-order valence-electron chi connectivity index (χ1n) is 4.89. The molecule has 0 spiro atoms. The number of benzene rings is 1. The van der Waals surface area contributed by atoms with Crippen LogP contribution in [0, 0.1) is 0 Å². The molecule has 0 bridgehead atoms. The number of carbonyl (C=O) groups is 1. The predicted molar refractivity (Wildman–Crippen MR) is 67.4 cm³/mol. The molecule has 0 heterocycles. The SMILES string of the molecule is COCC(C)NC(=O)c1cc(N)cc(Br)c1. The molecule has 0 saturated carbocycles. The molecule has 3 N–H and O–H groups in total. The maximum Gasteiger partial charge on any atom is 0.251 e. The number of methoxy groups -OCH3 is 1. The molecule has 1 unspecified atom stereocenters. The molecular weight excluding hydrogens is 272 g/mol. The van der Waals surface area contributed by atoms with Gasteiger partial charge in [0.05, 0.1) is 6.61 Å². The highest BCUT2D eigenvalue weighted by Crippen LogP contribution is 2.17. The third-order valence-corrected chi connectivity index (χ3v) is 2.43. The summed E-state index contributed by atoms with van der Waals surface area (Å²) in [7, 11) is 1.60. The van der Waals surface area contributed by atoms with Crippen LogP contribution in [0.1, 0.15) is 17.3 Å². The van der Waals surface area contributed by atoms with Crippen molar-refractivity contribution in [3.8, 4) is 0 Å². The molecule has 0 fully saturated rings. The van der Waals surface area contributed by atoms with Gasteiger partial charge in [-0.1, -0.05) is 15.9 Å². The van der Waals surface area contributed by atoms with Crippen molar-refractivity contribution in [2.24, 2.45) is 0 Å². The van der Waals surface area contributed by atoms with E-state index in [-0.39, 0.29) is 11.9 Å². The van der Waals surface area contributed by atoms with Crippen LogP contribution in [0.2, 0.25) is 0 Å². The van der Waals surface area contributed by atoms with E-state index < -0.39 is 0 Å². The van der Waals surface area contributed by atoms with Gasteiger partial charge in [0.1, 0.15) is 0 Å². The summed E-state index contributed by atoms with van der Waals surface area (Å²) >= 11 is 3.29. The average Bonchev–Trinajstić information content (AvgIpc) is 2.16. The second kappa shape index (κ2) is 5.86. The number of rotatable bonds is 4. The van der Waals surface area contributed by atoms with Gasteiger partial charge in [0, 0.05) is 28.9 Å². The Morgan fingerprint density at radius 2 is 2.25 bits per heavy atom. The Labute approximate surface area is 103 Å². The molecule has 1 aromatic rings. The topological polar surface area (TPSA) is 64.3 Å². The van der Waals surface area contributed by atoms with E-state index in [4.69, 9.17) is 10.5 Å². The van der Waals surface area contributed by atoms with Gasteiger partial charge < -0.3 is 15.8 Å². The van der Waals surface area contributed by atoms with Gasteiger partial charge >= 0.3 is 0 Å². The first-order valence-corrected chi connectivity index (χ1v) is 5.68. The largest absolute Gasteiger partial charge is 0.399 e. The lowest BCUT2D eigenvalue weighted by molar-refractivity contribution is 0.0905. The summed E-state index contributed by atoms with van der Waals surface area (Å²) in [6.45, 7) is 2.36. The number of nitrogens with one attached hydrogen (secondary N) is 1. The third-order valence-electron chi connectivity index (χ3n) is 1.98. The highest BCUT2D eigenvalue weighted by molar-refractivity contribution is 9.10. The molecule has 1 atom stereocenters. The Morgan fingerprint density at radius 3 is 2.81 bits per heavy atom. The molecule has 0 saturated heterocycles. The molecular formula is C11H15BrN2O2. The van der Waals surface area contributed by atoms with Gasteiger partial charge in [-0.3, -0.25) is 4.79 Å². The molecule has 1 aromatic carbocycles. The molecule has 0 aliphatic rings. The number of carbonyl (C=O) groups excluding carboxylic acids is 1. The van der Waals surface area contributed by atoms with Gasteiger partial charge in [-0.15, -0.1) is 0 Å². The highest BCUT2D eigenvalue weighted by Gasteiger charge is 2.10. The lowest BCUT2D eigenvalue weighted by Crippen LogP contribution is -2.35. The van der Waals surface area contributed by atoms with Crippen molar-refractivity contribution in [2.45, 2.75) is 13.0 Å². The smallest absolute Gasteiger partial charge is 0.251 e. The second-order valence-corrected chi connectivity index (χ2v) is 4.52. The first-order chi connectivity index (χ1) is 7.52. The van der Waals surface area contributed by atoms with Crippen molar-refractivity contribution in [3.05, 3.63) is 28.2 Å². The summed E-state index contributed by atoms with van der Waals surface area (Å²) in [6.07, 6.45) is 0. The zero-order valence-electron chi connectivity index (χ0n) is 9.29. The number of anilines is 1. The minimum atomic E-state index is -0.155. The number of ether oxygens (including phenoxy) is 1. The van der Waals surface area contributed by atoms with E-state index in [2.05, 4.69) is 21.2 Å². The normalized spacial score (nSPS) is 12.2. The molecule has 16 heavy (non-hydrogen) atoms. The van der Waals surface area contributed by atoms with Crippen LogP contribution in [0.4, 0.5) is 5.69 Å². The number of halogens is 1. The predicted octanol–water partition coefficient (Wildman–Crippen LogP) is 1.80. The van der Waals surface area contributed by atoms with Gasteiger partial charge in [0.15, 0.2) is 0 Å². The fourth-order valence-electron chi connectivity index (χ4n) is 1.34. The van der Waals surface area contributed by atoms with Gasteiger partial charge in [-0.25, -0.2) is 0 Å². The maximum atomic E-state index is 11.8. The second-order valence-electron chi connectivity index (χ2n) is 3.60. The van der Waals surface area contributed by atoms with Crippen LogP contribution in [-0.2, 0) is 4.74 Å².